The maximum absolute atomic E-state index is 11.9. The average molecular weight is 306 g/mol. The third-order valence-corrected chi connectivity index (χ3v) is 3.99. The van der Waals surface area contributed by atoms with Crippen LogP contribution in [0.15, 0.2) is 24.3 Å². The van der Waals surface area contributed by atoms with Crippen LogP contribution in [0, 0.1) is 0 Å². The van der Waals surface area contributed by atoms with E-state index in [1.807, 2.05) is 17.1 Å². The number of hydrogen-bond donors (Lipinski definition) is 2. The van der Waals surface area contributed by atoms with Crippen molar-refractivity contribution in [3.8, 4) is 5.75 Å². The maximum atomic E-state index is 11.9. The fraction of sp³-hybridized carbons (Fsp3) is 0.588. The van der Waals surface area contributed by atoms with Gasteiger partial charge in [-0.2, -0.15) is 0 Å². The summed E-state index contributed by atoms with van der Waals surface area (Å²) >= 11 is 0. The van der Waals surface area contributed by atoms with Gasteiger partial charge in [0, 0.05) is 0 Å². The van der Waals surface area contributed by atoms with E-state index in [1.165, 1.54) is 10.5 Å². The minimum atomic E-state index is -0.0977. The van der Waals surface area contributed by atoms with Crippen LogP contribution in [0.1, 0.15) is 26.3 Å². The molecule has 122 valence electrons. The molecule has 1 fully saturated rings. The Bertz CT molecular complexity index is 486. The molecule has 22 heavy (non-hydrogen) atoms. The minimum absolute atomic E-state index is 0.0497. The fourth-order valence-corrected chi connectivity index (χ4v) is 2.41. The molecule has 1 saturated heterocycles. The summed E-state index contributed by atoms with van der Waals surface area (Å²) in [4.78, 5) is 13.4. The summed E-state index contributed by atoms with van der Waals surface area (Å²) in [7, 11) is 2.17. The van der Waals surface area contributed by atoms with Crippen molar-refractivity contribution in [2.75, 3.05) is 39.8 Å². The van der Waals surface area contributed by atoms with Gasteiger partial charge >= 0.3 is 0 Å². The second-order valence-corrected chi connectivity index (χ2v) is 7.04. The highest BCUT2D eigenvalue weighted by atomic mass is 16.5. The normalized spacial score (nSPS) is 17.3. The first-order valence-corrected chi connectivity index (χ1v) is 7.94. The third-order valence-electron chi connectivity index (χ3n) is 3.99. The SMILES string of the molecule is C[NH+]1CCN(NC(=O)COc2ccc(C(C)(C)C)cc2)CC1. The van der Waals surface area contributed by atoms with Crippen molar-refractivity contribution in [3.05, 3.63) is 29.8 Å². The zero-order chi connectivity index (χ0) is 16.2. The number of nitrogens with zero attached hydrogens (tertiary/aromatic N) is 1. The Kier molecular flexibility index (Phi) is 5.42. The first-order chi connectivity index (χ1) is 10.3. The van der Waals surface area contributed by atoms with E-state index in [4.69, 9.17) is 4.74 Å². The number of amides is 1. The van der Waals surface area contributed by atoms with Crippen molar-refractivity contribution >= 4 is 5.91 Å². The molecule has 2 rings (SSSR count). The number of benzene rings is 1. The van der Waals surface area contributed by atoms with Gasteiger partial charge in [-0.3, -0.25) is 10.2 Å². The molecule has 0 saturated carbocycles. The molecule has 5 nitrogen and oxygen atoms in total. The number of quaternary nitrogens is 1. The van der Waals surface area contributed by atoms with Gasteiger partial charge < -0.3 is 9.64 Å². The molecule has 1 amide bonds. The molecule has 0 radical (unpaired) electrons. The third kappa shape index (κ3) is 5.00. The molecule has 5 heteroatoms. The van der Waals surface area contributed by atoms with Gasteiger partial charge in [-0.15, -0.1) is 0 Å². The monoisotopic (exact) mass is 306 g/mol. The molecule has 0 unspecified atom stereocenters. The predicted molar refractivity (Wildman–Crippen MR) is 87.0 cm³/mol. The van der Waals surface area contributed by atoms with Crippen molar-refractivity contribution in [2.24, 2.45) is 0 Å². The van der Waals surface area contributed by atoms with Crippen LogP contribution < -0.4 is 15.1 Å². The van der Waals surface area contributed by atoms with Crippen molar-refractivity contribution in [1.82, 2.24) is 10.4 Å². The number of piperazine rings is 1. The minimum Gasteiger partial charge on any atom is -0.484 e. The number of hydrazine groups is 1. The Labute approximate surface area is 133 Å². The van der Waals surface area contributed by atoms with Gasteiger partial charge in [-0.1, -0.05) is 32.9 Å². The van der Waals surface area contributed by atoms with Gasteiger partial charge in [0.2, 0.25) is 0 Å². The molecule has 0 aromatic heterocycles. The lowest BCUT2D eigenvalue weighted by Gasteiger charge is -2.30. The van der Waals surface area contributed by atoms with Crippen LogP contribution in [0.5, 0.6) is 5.75 Å². The second-order valence-electron chi connectivity index (χ2n) is 7.04. The van der Waals surface area contributed by atoms with E-state index in [0.717, 1.165) is 31.9 Å². The standard InChI is InChI=1S/C17H27N3O2/c1-17(2,3)14-5-7-15(8-6-14)22-13-16(21)18-20-11-9-19(4)10-12-20/h5-8H,9-13H2,1-4H3,(H,18,21)/p+1. The topological polar surface area (TPSA) is 46.0 Å². The molecule has 0 bridgehead atoms. The van der Waals surface area contributed by atoms with Crippen LogP contribution in [0.4, 0.5) is 0 Å². The highest BCUT2D eigenvalue weighted by molar-refractivity contribution is 5.77. The summed E-state index contributed by atoms with van der Waals surface area (Å²) in [6.45, 7) is 10.4. The Hall–Kier alpha value is -1.59. The number of nitrogens with one attached hydrogen (secondary N) is 2. The molecule has 1 aliphatic rings. The molecule has 1 heterocycles. The van der Waals surface area contributed by atoms with Crippen LogP contribution in [0.2, 0.25) is 0 Å². The number of ether oxygens (including phenoxy) is 1. The van der Waals surface area contributed by atoms with E-state index >= 15 is 0 Å². The van der Waals surface area contributed by atoms with Crippen molar-refractivity contribution in [1.29, 1.82) is 0 Å². The zero-order valence-electron chi connectivity index (χ0n) is 14.1. The van der Waals surface area contributed by atoms with Crippen LogP contribution in [-0.4, -0.2) is 50.7 Å². The van der Waals surface area contributed by atoms with Gasteiger partial charge in [0.15, 0.2) is 6.61 Å². The van der Waals surface area contributed by atoms with Crippen LogP contribution >= 0.6 is 0 Å². The summed E-state index contributed by atoms with van der Waals surface area (Å²) < 4.78 is 5.55. The molecule has 0 aliphatic carbocycles. The second kappa shape index (κ2) is 7.11. The average Bonchev–Trinajstić information content (AvgIpc) is 2.47. The van der Waals surface area contributed by atoms with E-state index in [0.29, 0.717) is 0 Å². The largest absolute Gasteiger partial charge is 0.484 e. The van der Waals surface area contributed by atoms with Crippen LogP contribution in [0.3, 0.4) is 0 Å². The summed E-state index contributed by atoms with van der Waals surface area (Å²) in [6.07, 6.45) is 0. The lowest BCUT2D eigenvalue weighted by molar-refractivity contribution is -0.884. The lowest BCUT2D eigenvalue weighted by Crippen LogP contribution is -3.12. The van der Waals surface area contributed by atoms with Gasteiger partial charge in [0.05, 0.1) is 33.2 Å². The number of hydrogen-bond acceptors (Lipinski definition) is 3. The zero-order valence-corrected chi connectivity index (χ0v) is 14.1. The molecule has 0 spiro atoms. The number of rotatable bonds is 4. The van der Waals surface area contributed by atoms with E-state index in [1.54, 1.807) is 0 Å². The Morgan fingerprint density at radius 2 is 1.82 bits per heavy atom. The van der Waals surface area contributed by atoms with Crippen molar-refractivity contribution < 1.29 is 14.4 Å². The van der Waals surface area contributed by atoms with Crippen molar-refractivity contribution in [2.45, 2.75) is 26.2 Å². The Balaban J connectivity index is 1.76. The molecule has 1 aliphatic heterocycles. The quantitative estimate of drug-likeness (QED) is 0.837. The van der Waals surface area contributed by atoms with Gasteiger partial charge in [0.1, 0.15) is 5.75 Å². The fourth-order valence-electron chi connectivity index (χ4n) is 2.41. The summed E-state index contributed by atoms with van der Waals surface area (Å²) in [5, 5.41) is 1.97. The predicted octanol–water partition coefficient (Wildman–Crippen LogP) is 0.224. The van der Waals surface area contributed by atoms with Crippen LogP contribution in [-0.2, 0) is 10.2 Å². The highest BCUT2D eigenvalue weighted by Gasteiger charge is 2.18. The highest BCUT2D eigenvalue weighted by Crippen LogP contribution is 2.24. The molecule has 0 atom stereocenters. The number of carbonyl (C=O) groups is 1. The molecule has 1 aromatic carbocycles. The van der Waals surface area contributed by atoms with E-state index < -0.39 is 0 Å². The first-order valence-electron chi connectivity index (χ1n) is 7.94. The summed E-state index contributed by atoms with van der Waals surface area (Å²) in [5.41, 5.74) is 4.28. The van der Waals surface area contributed by atoms with E-state index in [-0.39, 0.29) is 17.9 Å². The number of likely N-dealkylation sites (N-methyl/N-ethyl adjacent to an activating group) is 1. The Morgan fingerprint density at radius 3 is 2.36 bits per heavy atom. The molecule has 1 aromatic rings. The first kappa shape index (κ1) is 16.8. The van der Waals surface area contributed by atoms with Crippen molar-refractivity contribution in [3.63, 3.8) is 0 Å². The summed E-state index contributed by atoms with van der Waals surface area (Å²) in [6, 6.07) is 7.95. The lowest BCUT2D eigenvalue weighted by atomic mass is 9.87. The van der Waals surface area contributed by atoms with Gasteiger partial charge in [0.25, 0.3) is 5.91 Å². The van der Waals surface area contributed by atoms with E-state index in [2.05, 4.69) is 45.4 Å². The van der Waals surface area contributed by atoms with Gasteiger partial charge in [-0.25, -0.2) is 5.01 Å². The smallest absolute Gasteiger partial charge is 0.272 e. The maximum Gasteiger partial charge on any atom is 0.272 e. The summed E-state index contributed by atoms with van der Waals surface area (Å²) in [5.74, 6) is 0.630. The van der Waals surface area contributed by atoms with Crippen LogP contribution in [0.25, 0.3) is 0 Å². The van der Waals surface area contributed by atoms with E-state index in [9.17, 15) is 4.79 Å². The molecular formula is C17H28N3O2+. The molecule has 2 N–H and O–H groups in total. The molecular weight excluding hydrogens is 278 g/mol. The van der Waals surface area contributed by atoms with Gasteiger partial charge in [-0.05, 0) is 23.1 Å². The Morgan fingerprint density at radius 1 is 1.23 bits per heavy atom. The number of carbonyl (C=O) groups excluding carboxylic acids is 1.